The van der Waals surface area contributed by atoms with Crippen molar-refractivity contribution in [3.63, 3.8) is 0 Å². The van der Waals surface area contributed by atoms with Crippen LogP contribution in [-0.2, 0) is 17.3 Å². The molecule has 1 amide bonds. The zero-order chi connectivity index (χ0) is 19.7. The maximum Gasteiger partial charge on any atom is 0.416 e. The molecule has 0 heterocycles. The summed E-state index contributed by atoms with van der Waals surface area (Å²) in [6.45, 7) is 0.225. The second-order valence-electron chi connectivity index (χ2n) is 5.68. The lowest BCUT2D eigenvalue weighted by molar-refractivity contribution is -0.137. The normalized spacial score (nSPS) is 12.3. The van der Waals surface area contributed by atoms with Gasteiger partial charge < -0.3 is 14.8 Å². The standard InChI is InChI=1S/C19H19ClF3NO3/c20-12-17(13-26-16-8-4-7-15(11-16)19(21,22)23)27-18(25)24-10-9-14-5-2-1-3-6-14/h1-8,11,17H,9-10,12-13H2,(H,24,25). The number of alkyl halides is 4. The van der Waals surface area contributed by atoms with E-state index in [1.807, 2.05) is 30.3 Å². The van der Waals surface area contributed by atoms with Crippen molar-refractivity contribution in [1.29, 1.82) is 0 Å². The first-order valence-corrected chi connectivity index (χ1v) is 8.76. The van der Waals surface area contributed by atoms with Crippen LogP contribution in [-0.4, -0.2) is 31.2 Å². The van der Waals surface area contributed by atoms with Crippen LogP contribution in [0.2, 0.25) is 0 Å². The zero-order valence-electron chi connectivity index (χ0n) is 14.3. The molecule has 1 unspecified atom stereocenters. The van der Waals surface area contributed by atoms with Gasteiger partial charge in [-0.15, -0.1) is 11.6 Å². The zero-order valence-corrected chi connectivity index (χ0v) is 15.1. The number of hydrogen-bond acceptors (Lipinski definition) is 3. The van der Waals surface area contributed by atoms with Crippen LogP contribution in [0.15, 0.2) is 54.6 Å². The lowest BCUT2D eigenvalue weighted by Crippen LogP contribution is -2.34. The Morgan fingerprint density at radius 1 is 1.11 bits per heavy atom. The van der Waals surface area contributed by atoms with E-state index in [0.29, 0.717) is 13.0 Å². The average Bonchev–Trinajstić information content (AvgIpc) is 2.65. The van der Waals surface area contributed by atoms with Gasteiger partial charge in [-0.25, -0.2) is 4.79 Å². The number of rotatable bonds is 8. The molecule has 0 aliphatic heterocycles. The van der Waals surface area contributed by atoms with E-state index < -0.39 is 23.9 Å². The van der Waals surface area contributed by atoms with E-state index in [2.05, 4.69) is 5.32 Å². The van der Waals surface area contributed by atoms with E-state index in [1.54, 1.807) is 0 Å². The molecule has 0 aliphatic rings. The highest BCUT2D eigenvalue weighted by Crippen LogP contribution is 2.31. The first kappa shape index (κ1) is 20.9. The predicted octanol–water partition coefficient (Wildman–Crippen LogP) is 4.66. The number of ether oxygens (including phenoxy) is 2. The Bertz CT molecular complexity index is 726. The van der Waals surface area contributed by atoms with Gasteiger partial charge in [0.25, 0.3) is 0 Å². The van der Waals surface area contributed by atoms with Crippen molar-refractivity contribution in [3.05, 3.63) is 65.7 Å². The van der Waals surface area contributed by atoms with Crippen LogP contribution in [0.4, 0.5) is 18.0 Å². The van der Waals surface area contributed by atoms with Crippen LogP contribution < -0.4 is 10.1 Å². The Kier molecular flexibility index (Phi) is 7.79. The van der Waals surface area contributed by atoms with Gasteiger partial charge in [-0.05, 0) is 30.2 Å². The molecule has 0 fully saturated rings. The molecule has 0 radical (unpaired) electrons. The van der Waals surface area contributed by atoms with Crippen molar-refractivity contribution in [2.75, 3.05) is 19.0 Å². The van der Waals surface area contributed by atoms with Crippen molar-refractivity contribution in [2.45, 2.75) is 18.7 Å². The number of carbonyl (C=O) groups excluding carboxylic acids is 1. The van der Waals surface area contributed by atoms with Crippen LogP contribution in [0.25, 0.3) is 0 Å². The number of benzene rings is 2. The molecule has 27 heavy (non-hydrogen) atoms. The summed E-state index contributed by atoms with van der Waals surface area (Å²) >= 11 is 5.75. The number of nitrogens with one attached hydrogen (secondary N) is 1. The minimum Gasteiger partial charge on any atom is -0.490 e. The Balaban J connectivity index is 1.77. The van der Waals surface area contributed by atoms with Crippen molar-refractivity contribution in [2.24, 2.45) is 0 Å². The van der Waals surface area contributed by atoms with E-state index in [9.17, 15) is 18.0 Å². The quantitative estimate of drug-likeness (QED) is 0.654. The third-order valence-corrected chi connectivity index (χ3v) is 3.91. The van der Waals surface area contributed by atoms with Gasteiger partial charge in [-0.2, -0.15) is 13.2 Å². The SMILES string of the molecule is O=C(NCCc1ccccc1)OC(CCl)COc1cccc(C(F)(F)F)c1. The summed E-state index contributed by atoms with van der Waals surface area (Å²) < 4.78 is 48.5. The summed E-state index contributed by atoms with van der Waals surface area (Å²) in [5.41, 5.74) is 0.251. The summed E-state index contributed by atoms with van der Waals surface area (Å²) in [4.78, 5) is 11.8. The maximum atomic E-state index is 12.7. The highest BCUT2D eigenvalue weighted by atomic mass is 35.5. The van der Waals surface area contributed by atoms with Gasteiger partial charge in [0.1, 0.15) is 12.4 Å². The van der Waals surface area contributed by atoms with Gasteiger partial charge in [-0.3, -0.25) is 0 Å². The van der Waals surface area contributed by atoms with Crippen molar-refractivity contribution >= 4 is 17.7 Å². The summed E-state index contributed by atoms with van der Waals surface area (Å²) in [6.07, 6.45) is -5.27. The molecule has 0 aliphatic carbocycles. The monoisotopic (exact) mass is 401 g/mol. The van der Waals surface area contributed by atoms with Gasteiger partial charge in [0.2, 0.25) is 0 Å². The summed E-state index contributed by atoms with van der Waals surface area (Å²) in [7, 11) is 0. The van der Waals surface area contributed by atoms with Crippen LogP contribution in [0.3, 0.4) is 0 Å². The molecule has 2 aromatic carbocycles. The number of alkyl carbamates (subject to hydrolysis) is 1. The Hall–Kier alpha value is -2.41. The molecule has 4 nitrogen and oxygen atoms in total. The van der Waals surface area contributed by atoms with E-state index in [4.69, 9.17) is 21.1 Å². The highest BCUT2D eigenvalue weighted by Gasteiger charge is 2.30. The molecule has 0 bridgehead atoms. The van der Waals surface area contributed by atoms with Gasteiger partial charge in [0.15, 0.2) is 6.10 Å². The Labute approximate surface area is 160 Å². The smallest absolute Gasteiger partial charge is 0.416 e. The predicted molar refractivity (Wildman–Crippen MR) is 96.1 cm³/mol. The van der Waals surface area contributed by atoms with E-state index in [-0.39, 0.29) is 18.2 Å². The van der Waals surface area contributed by atoms with Gasteiger partial charge >= 0.3 is 12.3 Å². The van der Waals surface area contributed by atoms with Gasteiger partial charge in [0.05, 0.1) is 11.4 Å². The lowest BCUT2D eigenvalue weighted by Gasteiger charge is -2.17. The fourth-order valence-corrected chi connectivity index (χ4v) is 2.36. The molecule has 0 aromatic heterocycles. The molecule has 8 heteroatoms. The number of hydrogen-bond donors (Lipinski definition) is 1. The van der Waals surface area contributed by atoms with Crippen LogP contribution in [0, 0.1) is 0 Å². The van der Waals surface area contributed by atoms with Crippen LogP contribution in [0.1, 0.15) is 11.1 Å². The van der Waals surface area contributed by atoms with Gasteiger partial charge in [0, 0.05) is 6.54 Å². The maximum absolute atomic E-state index is 12.7. The van der Waals surface area contributed by atoms with Crippen LogP contribution >= 0.6 is 11.6 Å². The molecule has 1 N–H and O–H groups in total. The minimum absolute atomic E-state index is 0.0213. The molecule has 0 saturated carbocycles. The Morgan fingerprint density at radius 2 is 1.85 bits per heavy atom. The largest absolute Gasteiger partial charge is 0.490 e. The molecular formula is C19H19ClF3NO3. The molecular weight excluding hydrogens is 383 g/mol. The fraction of sp³-hybridized carbons (Fsp3) is 0.316. The molecule has 0 saturated heterocycles. The molecule has 1 atom stereocenters. The van der Waals surface area contributed by atoms with Crippen molar-refractivity contribution < 1.29 is 27.4 Å². The number of carbonyl (C=O) groups is 1. The Morgan fingerprint density at radius 3 is 2.52 bits per heavy atom. The second-order valence-corrected chi connectivity index (χ2v) is 5.99. The minimum atomic E-state index is -4.46. The number of halogens is 4. The fourth-order valence-electron chi connectivity index (χ4n) is 2.21. The van der Waals surface area contributed by atoms with E-state index in [0.717, 1.165) is 17.7 Å². The van der Waals surface area contributed by atoms with E-state index >= 15 is 0 Å². The summed E-state index contributed by atoms with van der Waals surface area (Å²) in [5, 5.41) is 2.60. The van der Waals surface area contributed by atoms with Crippen molar-refractivity contribution in [3.8, 4) is 5.75 Å². The van der Waals surface area contributed by atoms with Gasteiger partial charge in [-0.1, -0.05) is 36.4 Å². The molecule has 2 rings (SSSR count). The lowest BCUT2D eigenvalue weighted by atomic mass is 10.1. The first-order chi connectivity index (χ1) is 12.9. The topological polar surface area (TPSA) is 47.6 Å². The summed E-state index contributed by atoms with van der Waals surface area (Å²) in [6, 6.07) is 14.1. The van der Waals surface area contributed by atoms with Crippen LogP contribution in [0.5, 0.6) is 5.75 Å². The molecule has 2 aromatic rings. The second kappa shape index (κ2) is 10.1. The third-order valence-electron chi connectivity index (χ3n) is 3.57. The third kappa shape index (κ3) is 7.38. The molecule has 146 valence electrons. The van der Waals surface area contributed by atoms with E-state index in [1.165, 1.54) is 12.1 Å². The van der Waals surface area contributed by atoms with Crippen molar-refractivity contribution in [1.82, 2.24) is 5.32 Å². The number of amides is 1. The molecule has 0 spiro atoms. The summed E-state index contributed by atoms with van der Waals surface area (Å²) in [5.74, 6) is -0.0292. The first-order valence-electron chi connectivity index (χ1n) is 8.23. The average molecular weight is 402 g/mol. The highest BCUT2D eigenvalue weighted by molar-refractivity contribution is 6.18.